The van der Waals surface area contributed by atoms with Gasteiger partial charge in [0.25, 0.3) is 5.82 Å². The zero-order valence-electron chi connectivity index (χ0n) is 9.22. The highest BCUT2D eigenvalue weighted by atomic mass is 35.5. The molecule has 0 aliphatic rings. The maximum absolute atomic E-state index is 3.30. The Bertz CT molecular complexity index is 233. The number of aromatic amines is 1. The quantitative estimate of drug-likeness (QED) is 0.487. The Morgan fingerprint density at radius 1 is 1.21 bits per heavy atom. The maximum atomic E-state index is 3.30. The molecule has 14 heavy (non-hydrogen) atoms. The number of hydrogen-bond acceptors (Lipinski definition) is 0. The van der Waals surface area contributed by atoms with Crippen LogP contribution >= 0.6 is 0 Å². The molecule has 3 heteroatoms. The predicted octanol–water partition coefficient (Wildman–Crippen LogP) is -0.551. The summed E-state index contributed by atoms with van der Waals surface area (Å²) in [6.07, 6.45) is 10.5. The molecule has 0 radical (unpaired) electrons. The van der Waals surface area contributed by atoms with Crippen LogP contribution in [0.4, 0.5) is 0 Å². The molecule has 0 amide bonds. The smallest absolute Gasteiger partial charge is 0.254 e. The van der Waals surface area contributed by atoms with E-state index in [4.69, 9.17) is 0 Å². The van der Waals surface area contributed by atoms with Gasteiger partial charge < -0.3 is 12.4 Å². The van der Waals surface area contributed by atoms with Crippen molar-refractivity contribution < 1.29 is 17.0 Å². The molecule has 2 nitrogen and oxygen atoms in total. The van der Waals surface area contributed by atoms with Crippen LogP contribution in [0.15, 0.2) is 12.4 Å². The van der Waals surface area contributed by atoms with Crippen LogP contribution in [0.2, 0.25) is 0 Å². The van der Waals surface area contributed by atoms with E-state index in [1.165, 1.54) is 44.5 Å². The van der Waals surface area contributed by atoms with E-state index >= 15 is 0 Å². The van der Waals surface area contributed by atoms with Crippen LogP contribution in [0.5, 0.6) is 0 Å². The lowest BCUT2D eigenvalue weighted by Gasteiger charge is -1.98. The molecule has 0 fully saturated rings. The number of hydrogen-bond donors (Lipinski definition) is 1. The van der Waals surface area contributed by atoms with E-state index in [1.807, 2.05) is 6.20 Å². The van der Waals surface area contributed by atoms with E-state index in [0.29, 0.717) is 0 Å². The van der Waals surface area contributed by atoms with Gasteiger partial charge in [-0.1, -0.05) is 20.3 Å². The number of unbranched alkanes of at least 4 members (excludes halogenated alkanes) is 2. The molecule has 1 aromatic rings. The molecule has 0 aliphatic carbocycles. The summed E-state index contributed by atoms with van der Waals surface area (Å²) >= 11 is 0. The topological polar surface area (TPSA) is 19.7 Å². The third-order valence-corrected chi connectivity index (χ3v) is 2.34. The van der Waals surface area contributed by atoms with E-state index in [1.54, 1.807) is 0 Å². The number of rotatable bonds is 6. The zero-order valence-corrected chi connectivity index (χ0v) is 9.98. The average Bonchev–Trinajstić information content (AvgIpc) is 2.54. The predicted molar refractivity (Wildman–Crippen MR) is 54.5 cm³/mol. The van der Waals surface area contributed by atoms with Crippen molar-refractivity contribution in [2.45, 2.75) is 52.5 Å². The lowest BCUT2D eigenvalue weighted by atomic mass is 10.2. The number of nitrogens with one attached hydrogen (secondary N) is 1. The van der Waals surface area contributed by atoms with Crippen LogP contribution in [-0.2, 0) is 13.0 Å². The van der Waals surface area contributed by atoms with Gasteiger partial charge >= 0.3 is 0 Å². The van der Waals surface area contributed by atoms with Gasteiger partial charge in [0.2, 0.25) is 0 Å². The Morgan fingerprint density at radius 3 is 2.64 bits per heavy atom. The van der Waals surface area contributed by atoms with Gasteiger partial charge in [0.1, 0.15) is 12.4 Å². The minimum Gasteiger partial charge on any atom is -1.00 e. The molecule has 0 aromatic carbocycles. The van der Waals surface area contributed by atoms with E-state index < -0.39 is 0 Å². The van der Waals surface area contributed by atoms with Gasteiger partial charge in [-0.05, 0) is 19.3 Å². The molecule has 1 aromatic heterocycles. The molecule has 0 bridgehead atoms. The minimum atomic E-state index is 0. The second kappa shape index (κ2) is 7.86. The number of halogens is 1. The van der Waals surface area contributed by atoms with Gasteiger partial charge in [0.15, 0.2) is 0 Å². The summed E-state index contributed by atoms with van der Waals surface area (Å²) < 4.78 is 2.35. The molecule has 0 atom stereocenters. The minimum absolute atomic E-state index is 0. The summed E-state index contributed by atoms with van der Waals surface area (Å²) in [4.78, 5) is 3.30. The molecule has 0 saturated carbocycles. The number of H-pyrrole nitrogens is 1. The van der Waals surface area contributed by atoms with Crippen molar-refractivity contribution in [3.05, 3.63) is 18.2 Å². The summed E-state index contributed by atoms with van der Waals surface area (Å²) in [6, 6.07) is 0. The zero-order chi connectivity index (χ0) is 9.52. The van der Waals surface area contributed by atoms with Crippen LogP contribution < -0.4 is 17.0 Å². The molecule has 82 valence electrons. The lowest BCUT2D eigenvalue weighted by molar-refractivity contribution is -0.703. The van der Waals surface area contributed by atoms with Crippen LogP contribution in [-0.4, -0.2) is 4.98 Å². The first-order valence-corrected chi connectivity index (χ1v) is 5.44. The normalized spacial score (nSPS) is 9.86. The average molecular weight is 217 g/mol. The molecule has 0 saturated heterocycles. The Labute approximate surface area is 93.1 Å². The molecule has 0 aliphatic heterocycles. The van der Waals surface area contributed by atoms with Crippen molar-refractivity contribution in [2.75, 3.05) is 0 Å². The number of nitrogens with zero attached hydrogens (tertiary/aromatic N) is 1. The van der Waals surface area contributed by atoms with E-state index in [-0.39, 0.29) is 12.4 Å². The van der Waals surface area contributed by atoms with Crippen molar-refractivity contribution in [1.29, 1.82) is 0 Å². The Kier molecular flexibility index (Phi) is 7.58. The highest BCUT2D eigenvalue weighted by molar-refractivity contribution is 4.76. The van der Waals surface area contributed by atoms with Crippen molar-refractivity contribution in [3.63, 3.8) is 0 Å². The van der Waals surface area contributed by atoms with Gasteiger partial charge in [-0.25, -0.2) is 9.55 Å². The number of imidazole rings is 1. The fourth-order valence-corrected chi connectivity index (χ4v) is 1.59. The third kappa shape index (κ3) is 4.14. The fraction of sp³-hybridized carbons (Fsp3) is 0.727. The van der Waals surface area contributed by atoms with Gasteiger partial charge in [-0.2, -0.15) is 0 Å². The number of aromatic nitrogens is 2. The van der Waals surface area contributed by atoms with Crippen molar-refractivity contribution in [2.24, 2.45) is 0 Å². The van der Waals surface area contributed by atoms with Crippen LogP contribution in [0.1, 0.15) is 45.4 Å². The number of aryl methyl sites for hydroxylation is 2. The molecule has 1 heterocycles. The van der Waals surface area contributed by atoms with E-state index in [0.717, 1.165) is 0 Å². The summed E-state index contributed by atoms with van der Waals surface area (Å²) in [7, 11) is 0. The lowest BCUT2D eigenvalue weighted by Crippen LogP contribution is -3.00. The molecule has 1 N–H and O–H groups in total. The van der Waals surface area contributed by atoms with Crippen LogP contribution in [0, 0.1) is 0 Å². The third-order valence-electron chi connectivity index (χ3n) is 2.34. The first-order valence-electron chi connectivity index (χ1n) is 5.44. The van der Waals surface area contributed by atoms with Crippen molar-refractivity contribution in [3.8, 4) is 0 Å². The first-order chi connectivity index (χ1) is 6.38. The largest absolute Gasteiger partial charge is 1.00 e. The Hall–Kier alpha value is -0.500. The van der Waals surface area contributed by atoms with Crippen molar-refractivity contribution in [1.82, 2.24) is 4.98 Å². The molecule has 1 rings (SSSR count). The van der Waals surface area contributed by atoms with Gasteiger partial charge in [0.05, 0.1) is 6.54 Å². The van der Waals surface area contributed by atoms with E-state index in [9.17, 15) is 0 Å². The highest BCUT2D eigenvalue weighted by Crippen LogP contribution is 1.96. The van der Waals surface area contributed by atoms with Crippen LogP contribution in [0.25, 0.3) is 0 Å². The fourth-order valence-electron chi connectivity index (χ4n) is 1.59. The maximum Gasteiger partial charge on any atom is 0.254 e. The summed E-state index contributed by atoms with van der Waals surface area (Å²) in [6.45, 7) is 5.64. The molecular formula is C11H21ClN2. The van der Waals surface area contributed by atoms with E-state index in [2.05, 4.69) is 29.6 Å². The summed E-state index contributed by atoms with van der Waals surface area (Å²) in [5, 5.41) is 0. The monoisotopic (exact) mass is 216 g/mol. The molecule has 0 unspecified atom stereocenters. The van der Waals surface area contributed by atoms with Gasteiger partial charge in [-0.15, -0.1) is 0 Å². The standard InChI is InChI=1S/C11H20N2.ClH/c1-3-5-6-9-13-10-8-12-11(13)7-4-2;/h8,10H,3-7,9H2,1-2H3;1H. The molecular weight excluding hydrogens is 196 g/mol. The second-order valence-corrected chi connectivity index (χ2v) is 3.56. The first kappa shape index (κ1) is 13.5. The Morgan fingerprint density at radius 2 is 2.00 bits per heavy atom. The molecule has 0 spiro atoms. The van der Waals surface area contributed by atoms with Gasteiger partial charge in [-0.3, -0.25) is 0 Å². The van der Waals surface area contributed by atoms with Crippen LogP contribution in [0.3, 0.4) is 0 Å². The highest BCUT2D eigenvalue weighted by Gasteiger charge is 2.07. The second-order valence-electron chi connectivity index (χ2n) is 3.56. The Balaban J connectivity index is 0.00000169. The summed E-state index contributed by atoms with van der Waals surface area (Å²) in [5.41, 5.74) is 0. The SMILES string of the molecule is CCCCC[n+]1cc[nH]c1CCC.[Cl-]. The van der Waals surface area contributed by atoms with Gasteiger partial charge in [0, 0.05) is 6.42 Å². The van der Waals surface area contributed by atoms with Crippen molar-refractivity contribution >= 4 is 0 Å². The summed E-state index contributed by atoms with van der Waals surface area (Å²) in [5.74, 6) is 1.37.